The number of rotatable bonds is 4. The minimum Gasteiger partial charge on any atom is -0.363 e. The fourth-order valence-corrected chi connectivity index (χ4v) is 2.35. The van der Waals surface area contributed by atoms with Crippen molar-refractivity contribution >= 4 is 29.3 Å². The van der Waals surface area contributed by atoms with Crippen LogP contribution in [0.1, 0.15) is 37.0 Å². The second kappa shape index (κ2) is 9.07. The molecule has 1 aliphatic heterocycles. The number of allylic oxidation sites excluding steroid dienone is 1. The van der Waals surface area contributed by atoms with Crippen molar-refractivity contribution in [2.45, 2.75) is 33.0 Å². The predicted molar refractivity (Wildman–Crippen MR) is 85.5 cm³/mol. The smallest absolute Gasteiger partial charge is 0.195 e. The van der Waals surface area contributed by atoms with Gasteiger partial charge in [-0.3, -0.25) is 4.79 Å². The van der Waals surface area contributed by atoms with Gasteiger partial charge in [0.25, 0.3) is 0 Å². The quantitative estimate of drug-likeness (QED) is 0.386. The van der Waals surface area contributed by atoms with Gasteiger partial charge in [-0.15, -0.1) is 0 Å². The first-order valence-electron chi connectivity index (χ1n) is 6.49. The van der Waals surface area contributed by atoms with Crippen LogP contribution in [0.5, 0.6) is 0 Å². The Balaban J connectivity index is 0.000000219. The van der Waals surface area contributed by atoms with E-state index in [1.165, 1.54) is 11.9 Å². The summed E-state index contributed by atoms with van der Waals surface area (Å²) < 4.78 is 0. The summed E-state index contributed by atoms with van der Waals surface area (Å²) in [5, 5.41) is 17.8. The molecule has 1 aliphatic rings. The molecule has 0 radical (unpaired) electrons. The normalized spacial score (nSPS) is 13.8. The molecule has 0 aliphatic carbocycles. The summed E-state index contributed by atoms with van der Waals surface area (Å²) in [5.74, 6) is 0.167. The number of hydrazine groups is 1. The lowest BCUT2D eigenvalue weighted by atomic mass is 10.1. The molecular weight excluding hydrogens is 312 g/mol. The van der Waals surface area contributed by atoms with Crippen LogP contribution in [0.3, 0.4) is 0 Å². The molecule has 0 atom stereocenters. The summed E-state index contributed by atoms with van der Waals surface area (Å²) in [6, 6.07) is 7.07. The fourth-order valence-electron chi connectivity index (χ4n) is 1.58. The van der Waals surface area contributed by atoms with Crippen LogP contribution in [0.4, 0.5) is 0 Å². The number of hydrogen-bond acceptors (Lipinski definition) is 6. The SMILES string of the molecule is CC1=C(C(O)O)NNS1.CCCC(=O)c1cccc(Cl)c1. The van der Waals surface area contributed by atoms with Crippen molar-refractivity contribution in [3.05, 3.63) is 45.5 Å². The van der Waals surface area contributed by atoms with Crippen LogP contribution in [-0.4, -0.2) is 22.3 Å². The molecular formula is C14H19ClN2O3S. The molecule has 0 amide bonds. The number of carbonyl (C=O) groups is 1. The van der Waals surface area contributed by atoms with E-state index in [1.807, 2.05) is 6.92 Å². The van der Waals surface area contributed by atoms with Gasteiger partial charge in [-0.25, -0.2) is 0 Å². The van der Waals surface area contributed by atoms with Crippen molar-refractivity contribution in [2.24, 2.45) is 0 Å². The second-order valence-electron chi connectivity index (χ2n) is 4.36. The third-order valence-electron chi connectivity index (χ3n) is 2.65. The van der Waals surface area contributed by atoms with Gasteiger partial charge in [0.05, 0.1) is 5.70 Å². The van der Waals surface area contributed by atoms with E-state index >= 15 is 0 Å². The Morgan fingerprint density at radius 2 is 2.14 bits per heavy atom. The van der Waals surface area contributed by atoms with Crippen LogP contribution in [0.2, 0.25) is 5.02 Å². The van der Waals surface area contributed by atoms with Crippen molar-refractivity contribution in [2.75, 3.05) is 0 Å². The zero-order valence-corrected chi connectivity index (χ0v) is 13.5. The Morgan fingerprint density at radius 1 is 1.43 bits per heavy atom. The van der Waals surface area contributed by atoms with Gasteiger partial charge in [-0.1, -0.05) is 30.7 Å². The third kappa shape index (κ3) is 6.07. The predicted octanol–water partition coefficient (Wildman–Crippen LogP) is 2.61. The summed E-state index contributed by atoms with van der Waals surface area (Å²) in [5.41, 5.74) is 3.74. The molecule has 0 spiro atoms. The molecule has 1 aromatic rings. The summed E-state index contributed by atoms with van der Waals surface area (Å²) in [6.45, 7) is 3.79. The Labute approximate surface area is 133 Å². The highest BCUT2D eigenvalue weighted by Gasteiger charge is 2.15. The molecule has 21 heavy (non-hydrogen) atoms. The molecule has 2 rings (SSSR count). The van der Waals surface area contributed by atoms with Crippen LogP contribution < -0.4 is 10.3 Å². The zero-order valence-electron chi connectivity index (χ0n) is 11.9. The van der Waals surface area contributed by atoms with E-state index in [1.54, 1.807) is 31.2 Å². The van der Waals surface area contributed by atoms with Crippen molar-refractivity contribution in [1.82, 2.24) is 10.3 Å². The number of nitrogens with one attached hydrogen (secondary N) is 2. The topological polar surface area (TPSA) is 81.6 Å². The van der Waals surface area contributed by atoms with Crippen LogP contribution in [0, 0.1) is 0 Å². The van der Waals surface area contributed by atoms with Gasteiger partial charge >= 0.3 is 0 Å². The lowest BCUT2D eigenvalue weighted by Crippen LogP contribution is -2.26. The molecule has 4 N–H and O–H groups in total. The highest BCUT2D eigenvalue weighted by molar-refractivity contribution is 8.01. The van der Waals surface area contributed by atoms with Gasteiger partial charge in [-0.05, 0) is 37.4 Å². The first kappa shape index (κ1) is 18.0. The number of Topliss-reactive ketones (excluding diaryl/α,β-unsaturated/α-hetero) is 1. The van der Waals surface area contributed by atoms with E-state index in [0.29, 0.717) is 22.7 Å². The van der Waals surface area contributed by atoms with Crippen molar-refractivity contribution in [3.8, 4) is 0 Å². The summed E-state index contributed by atoms with van der Waals surface area (Å²) in [6.07, 6.45) is 0.0820. The Hall–Kier alpha value is -1.05. The molecule has 0 saturated carbocycles. The van der Waals surface area contributed by atoms with Crippen LogP contribution in [0.25, 0.3) is 0 Å². The lowest BCUT2D eigenvalue weighted by molar-refractivity contribution is -0.0132. The van der Waals surface area contributed by atoms with E-state index in [-0.39, 0.29) is 5.78 Å². The van der Waals surface area contributed by atoms with Crippen LogP contribution in [-0.2, 0) is 0 Å². The molecule has 0 aromatic heterocycles. The largest absolute Gasteiger partial charge is 0.363 e. The summed E-state index contributed by atoms with van der Waals surface area (Å²) in [7, 11) is 0. The van der Waals surface area contributed by atoms with Crippen molar-refractivity contribution in [3.63, 3.8) is 0 Å². The minimum absolute atomic E-state index is 0.167. The van der Waals surface area contributed by atoms with E-state index in [9.17, 15) is 4.79 Å². The standard InChI is InChI=1S/C10H11ClO.C4H8N2O2S/c1-2-4-10(12)8-5-3-6-9(11)7-8;1-2-3(4(7)8)5-6-9-2/h3,5-7H,2,4H2,1H3;4-8H,1H3. The molecule has 0 bridgehead atoms. The van der Waals surface area contributed by atoms with Gasteiger partial charge in [0.2, 0.25) is 0 Å². The highest BCUT2D eigenvalue weighted by atomic mass is 35.5. The Kier molecular flexibility index (Phi) is 7.77. The molecule has 116 valence electrons. The minimum atomic E-state index is -1.40. The fraction of sp³-hybridized carbons (Fsp3) is 0.357. The average molecular weight is 331 g/mol. The maximum absolute atomic E-state index is 11.3. The molecule has 0 fully saturated rings. The first-order chi connectivity index (χ1) is 9.95. The van der Waals surface area contributed by atoms with Gasteiger partial charge in [0.1, 0.15) is 0 Å². The monoisotopic (exact) mass is 330 g/mol. The van der Waals surface area contributed by atoms with E-state index in [2.05, 4.69) is 10.3 Å². The van der Waals surface area contributed by atoms with E-state index < -0.39 is 6.29 Å². The first-order valence-corrected chi connectivity index (χ1v) is 7.68. The van der Waals surface area contributed by atoms with E-state index in [0.717, 1.165) is 11.3 Å². The number of aliphatic hydroxyl groups excluding tert-OH is 1. The molecule has 0 unspecified atom stereocenters. The Morgan fingerprint density at radius 3 is 2.57 bits per heavy atom. The molecule has 5 nitrogen and oxygen atoms in total. The number of halogens is 1. The molecule has 0 saturated heterocycles. The lowest BCUT2D eigenvalue weighted by Gasteiger charge is -2.03. The molecule has 1 aromatic carbocycles. The highest BCUT2D eigenvalue weighted by Crippen LogP contribution is 2.20. The van der Waals surface area contributed by atoms with Gasteiger partial charge in [0, 0.05) is 21.9 Å². The number of hydrogen-bond donors (Lipinski definition) is 4. The Bertz CT molecular complexity index is 521. The summed E-state index contributed by atoms with van der Waals surface area (Å²) in [4.78, 5) is 14.9. The van der Waals surface area contributed by atoms with Gasteiger partial charge in [0.15, 0.2) is 12.1 Å². The third-order valence-corrected chi connectivity index (χ3v) is 3.62. The maximum Gasteiger partial charge on any atom is 0.195 e. The van der Waals surface area contributed by atoms with Crippen LogP contribution >= 0.6 is 23.5 Å². The van der Waals surface area contributed by atoms with Crippen molar-refractivity contribution in [1.29, 1.82) is 0 Å². The zero-order chi connectivity index (χ0) is 15.8. The maximum atomic E-state index is 11.3. The number of benzene rings is 1. The number of carbonyl (C=O) groups excluding carboxylic acids is 1. The van der Waals surface area contributed by atoms with E-state index in [4.69, 9.17) is 21.8 Å². The molecule has 1 heterocycles. The average Bonchev–Trinajstić information content (AvgIpc) is 2.86. The number of aliphatic hydroxyl groups is 2. The number of ketones is 1. The van der Waals surface area contributed by atoms with Crippen LogP contribution in [0.15, 0.2) is 34.9 Å². The van der Waals surface area contributed by atoms with Gasteiger partial charge in [-0.2, -0.15) is 4.83 Å². The van der Waals surface area contributed by atoms with Crippen molar-refractivity contribution < 1.29 is 15.0 Å². The van der Waals surface area contributed by atoms with Gasteiger partial charge < -0.3 is 15.6 Å². The second-order valence-corrected chi connectivity index (χ2v) is 5.81. The molecule has 7 heteroatoms. The summed E-state index contributed by atoms with van der Waals surface area (Å²) >= 11 is 7.07.